The standard InChI is InChI=1S/C18H15ClN4O2S/c19-12-6-8-14(9-7-12)23-15(20)10-16(24)22-18(23)26-11-17(25)21-13-4-2-1-3-5-13/h1-10H,11,20H2,(H,21,25). The van der Waals surface area contributed by atoms with E-state index >= 15 is 0 Å². The summed E-state index contributed by atoms with van der Waals surface area (Å²) in [7, 11) is 0. The average Bonchev–Trinajstić information content (AvgIpc) is 2.61. The molecule has 1 aromatic heterocycles. The van der Waals surface area contributed by atoms with Gasteiger partial charge in [-0.05, 0) is 36.4 Å². The molecule has 0 aliphatic heterocycles. The minimum atomic E-state index is -0.460. The van der Waals surface area contributed by atoms with Crippen LogP contribution in [0.15, 0.2) is 70.6 Å². The zero-order valence-electron chi connectivity index (χ0n) is 13.6. The number of nitrogens with two attached hydrogens (primary N) is 1. The summed E-state index contributed by atoms with van der Waals surface area (Å²) in [5, 5.41) is 3.70. The lowest BCUT2D eigenvalue weighted by atomic mass is 10.3. The Bertz CT molecular complexity index is 975. The molecule has 0 spiro atoms. The molecular weight excluding hydrogens is 372 g/mol. The third-order valence-corrected chi connectivity index (χ3v) is 4.59. The van der Waals surface area contributed by atoms with E-state index in [-0.39, 0.29) is 17.5 Å². The Morgan fingerprint density at radius 2 is 1.85 bits per heavy atom. The zero-order valence-corrected chi connectivity index (χ0v) is 15.1. The van der Waals surface area contributed by atoms with Crippen LogP contribution in [0, 0.1) is 0 Å². The fourth-order valence-corrected chi connectivity index (χ4v) is 3.23. The number of carbonyl (C=O) groups excluding carboxylic acids is 1. The maximum atomic E-state index is 12.2. The highest BCUT2D eigenvalue weighted by Crippen LogP contribution is 2.23. The Morgan fingerprint density at radius 1 is 1.15 bits per heavy atom. The topological polar surface area (TPSA) is 90.0 Å². The minimum absolute atomic E-state index is 0.0817. The van der Waals surface area contributed by atoms with E-state index in [0.717, 1.165) is 11.8 Å². The van der Waals surface area contributed by atoms with Crippen LogP contribution in [-0.2, 0) is 4.79 Å². The number of thioether (sulfide) groups is 1. The minimum Gasteiger partial charge on any atom is -0.385 e. The first-order valence-corrected chi connectivity index (χ1v) is 9.02. The fourth-order valence-electron chi connectivity index (χ4n) is 2.27. The third-order valence-electron chi connectivity index (χ3n) is 3.40. The molecule has 1 heterocycles. The molecular formula is C18H15ClN4O2S. The summed E-state index contributed by atoms with van der Waals surface area (Å²) < 4.78 is 1.61. The molecule has 0 atom stereocenters. The SMILES string of the molecule is Nc1cc(=O)nc(SCC(=O)Nc2ccccc2)n1-c1ccc(Cl)cc1. The molecule has 3 aromatic rings. The van der Waals surface area contributed by atoms with E-state index in [4.69, 9.17) is 17.3 Å². The van der Waals surface area contributed by atoms with Gasteiger partial charge in [0.1, 0.15) is 5.82 Å². The quantitative estimate of drug-likeness (QED) is 0.519. The molecule has 6 nitrogen and oxygen atoms in total. The predicted octanol–water partition coefficient (Wildman–Crippen LogP) is 3.20. The van der Waals surface area contributed by atoms with Crippen LogP contribution in [0.4, 0.5) is 11.5 Å². The van der Waals surface area contributed by atoms with Gasteiger partial charge >= 0.3 is 0 Å². The van der Waals surface area contributed by atoms with E-state index in [1.54, 1.807) is 41.0 Å². The Hall–Kier alpha value is -2.77. The van der Waals surface area contributed by atoms with Crippen molar-refractivity contribution in [2.24, 2.45) is 0 Å². The lowest BCUT2D eigenvalue weighted by Crippen LogP contribution is -2.19. The molecule has 8 heteroatoms. The van der Waals surface area contributed by atoms with Crippen molar-refractivity contribution in [3.63, 3.8) is 0 Å². The summed E-state index contributed by atoms with van der Waals surface area (Å²) in [6, 6.07) is 17.3. The van der Waals surface area contributed by atoms with Gasteiger partial charge in [-0.25, -0.2) is 0 Å². The highest BCUT2D eigenvalue weighted by atomic mass is 35.5. The summed E-state index contributed by atoms with van der Waals surface area (Å²) in [5.74, 6) is 0.108. The van der Waals surface area contributed by atoms with Gasteiger partial charge in [-0.2, -0.15) is 4.98 Å². The van der Waals surface area contributed by atoms with E-state index < -0.39 is 5.56 Å². The van der Waals surface area contributed by atoms with Gasteiger partial charge in [-0.1, -0.05) is 41.6 Å². The fraction of sp³-hybridized carbons (Fsp3) is 0.0556. The molecule has 0 fully saturated rings. The van der Waals surface area contributed by atoms with Crippen molar-refractivity contribution in [3.8, 4) is 5.69 Å². The number of nitrogen functional groups attached to an aromatic ring is 1. The van der Waals surface area contributed by atoms with Crippen molar-refractivity contribution < 1.29 is 4.79 Å². The second-order valence-corrected chi connectivity index (χ2v) is 6.70. The van der Waals surface area contributed by atoms with Gasteiger partial charge in [0.2, 0.25) is 5.91 Å². The van der Waals surface area contributed by atoms with Gasteiger partial charge in [-0.15, -0.1) is 0 Å². The predicted molar refractivity (Wildman–Crippen MR) is 105 cm³/mol. The summed E-state index contributed by atoms with van der Waals surface area (Å²) in [6.45, 7) is 0. The van der Waals surface area contributed by atoms with Crippen LogP contribution >= 0.6 is 23.4 Å². The van der Waals surface area contributed by atoms with E-state index in [0.29, 0.717) is 21.6 Å². The molecule has 3 rings (SSSR count). The smallest absolute Gasteiger partial charge is 0.275 e. The van der Waals surface area contributed by atoms with Crippen molar-refractivity contribution in [2.45, 2.75) is 5.16 Å². The molecule has 0 saturated heterocycles. The first kappa shape index (κ1) is 18.0. The van der Waals surface area contributed by atoms with Crippen molar-refractivity contribution in [1.82, 2.24) is 9.55 Å². The van der Waals surface area contributed by atoms with E-state index in [9.17, 15) is 9.59 Å². The van der Waals surface area contributed by atoms with Crippen LogP contribution in [0.1, 0.15) is 0 Å². The van der Waals surface area contributed by atoms with Crippen molar-refractivity contribution in [1.29, 1.82) is 0 Å². The third kappa shape index (κ3) is 4.44. The van der Waals surface area contributed by atoms with Gasteiger partial charge < -0.3 is 11.1 Å². The van der Waals surface area contributed by atoms with Gasteiger partial charge in [0.25, 0.3) is 5.56 Å². The van der Waals surface area contributed by atoms with Crippen LogP contribution in [0.3, 0.4) is 0 Å². The molecule has 3 N–H and O–H groups in total. The molecule has 0 saturated carbocycles. The number of hydrogen-bond acceptors (Lipinski definition) is 5. The van der Waals surface area contributed by atoms with Crippen LogP contribution in [0.5, 0.6) is 0 Å². The monoisotopic (exact) mass is 386 g/mol. The number of carbonyl (C=O) groups is 1. The van der Waals surface area contributed by atoms with Crippen molar-refractivity contribution in [2.75, 3.05) is 16.8 Å². The van der Waals surface area contributed by atoms with E-state index in [2.05, 4.69) is 10.3 Å². The number of hydrogen-bond donors (Lipinski definition) is 2. The Balaban J connectivity index is 1.82. The van der Waals surface area contributed by atoms with Crippen molar-refractivity contribution in [3.05, 3.63) is 76.0 Å². The Morgan fingerprint density at radius 3 is 2.54 bits per heavy atom. The Labute approximate surface area is 159 Å². The maximum Gasteiger partial charge on any atom is 0.275 e. The number of amides is 1. The summed E-state index contributed by atoms with van der Waals surface area (Å²) in [4.78, 5) is 27.9. The molecule has 132 valence electrons. The molecule has 0 aliphatic carbocycles. The molecule has 0 bridgehead atoms. The largest absolute Gasteiger partial charge is 0.385 e. The molecule has 0 unspecified atom stereocenters. The first-order chi connectivity index (χ1) is 12.5. The Kier molecular flexibility index (Phi) is 5.60. The molecule has 2 aromatic carbocycles. The number of rotatable bonds is 5. The van der Waals surface area contributed by atoms with Gasteiger partial charge in [0, 0.05) is 22.5 Å². The average molecular weight is 387 g/mol. The van der Waals surface area contributed by atoms with E-state index in [1.165, 1.54) is 6.07 Å². The highest BCUT2D eigenvalue weighted by molar-refractivity contribution is 7.99. The molecule has 0 aliphatic rings. The lowest BCUT2D eigenvalue weighted by Gasteiger charge is -2.14. The molecule has 26 heavy (non-hydrogen) atoms. The number of nitrogens with zero attached hydrogens (tertiary/aromatic N) is 2. The van der Waals surface area contributed by atoms with Gasteiger partial charge in [0.15, 0.2) is 5.16 Å². The zero-order chi connectivity index (χ0) is 18.5. The molecule has 1 amide bonds. The number of para-hydroxylation sites is 1. The first-order valence-electron chi connectivity index (χ1n) is 7.66. The van der Waals surface area contributed by atoms with Crippen LogP contribution in [0.2, 0.25) is 5.02 Å². The number of nitrogens with one attached hydrogen (secondary N) is 1. The molecule has 0 radical (unpaired) electrons. The van der Waals surface area contributed by atoms with Crippen LogP contribution in [-0.4, -0.2) is 21.2 Å². The lowest BCUT2D eigenvalue weighted by molar-refractivity contribution is -0.113. The summed E-state index contributed by atoms with van der Waals surface area (Å²) in [5.41, 5.74) is 6.94. The second kappa shape index (κ2) is 8.07. The number of aromatic nitrogens is 2. The van der Waals surface area contributed by atoms with Crippen molar-refractivity contribution >= 4 is 40.8 Å². The van der Waals surface area contributed by atoms with E-state index in [1.807, 2.05) is 18.2 Å². The van der Waals surface area contributed by atoms with Crippen LogP contribution in [0.25, 0.3) is 5.69 Å². The van der Waals surface area contributed by atoms with Gasteiger partial charge in [-0.3, -0.25) is 14.2 Å². The second-order valence-electron chi connectivity index (χ2n) is 5.32. The number of halogens is 1. The summed E-state index contributed by atoms with van der Waals surface area (Å²) in [6.07, 6.45) is 0. The normalized spacial score (nSPS) is 10.5. The number of anilines is 2. The number of benzene rings is 2. The van der Waals surface area contributed by atoms with Gasteiger partial charge in [0.05, 0.1) is 5.75 Å². The maximum absolute atomic E-state index is 12.2. The van der Waals surface area contributed by atoms with Crippen LogP contribution < -0.4 is 16.6 Å². The summed E-state index contributed by atoms with van der Waals surface area (Å²) >= 11 is 7.05. The highest BCUT2D eigenvalue weighted by Gasteiger charge is 2.13.